The summed E-state index contributed by atoms with van der Waals surface area (Å²) in [4.78, 5) is 22.3. The Morgan fingerprint density at radius 2 is 2.22 bits per heavy atom. The third-order valence-electron chi connectivity index (χ3n) is 3.76. The molecule has 1 fully saturated rings. The molecule has 1 heterocycles. The number of amides is 1. The normalized spacial score (nSPS) is 13.7. The van der Waals surface area contributed by atoms with Crippen molar-refractivity contribution in [1.82, 2.24) is 9.97 Å². The predicted octanol–water partition coefficient (Wildman–Crippen LogP) is 1.51. The summed E-state index contributed by atoms with van der Waals surface area (Å²) < 4.78 is 0. The highest BCUT2D eigenvalue weighted by atomic mass is 16.1. The number of aryl methyl sites for hydroxylation is 1. The summed E-state index contributed by atoms with van der Waals surface area (Å²) >= 11 is 0. The first-order valence-corrected chi connectivity index (χ1v) is 7.55. The van der Waals surface area contributed by atoms with E-state index >= 15 is 0 Å². The van der Waals surface area contributed by atoms with Crippen molar-refractivity contribution in [2.24, 2.45) is 11.5 Å². The highest BCUT2D eigenvalue weighted by molar-refractivity contribution is 5.98. The first-order valence-electron chi connectivity index (χ1n) is 7.55. The van der Waals surface area contributed by atoms with Gasteiger partial charge in [0.05, 0.1) is 6.67 Å². The van der Waals surface area contributed by atoms with Crippen LogP contribution in [0.25, 0.3) is 0 Å². The van der Waals surface area contributed by atoms with Crippen molar-refractivity contribution in [2.45, 2.75) is 25.8 Å². The average molecular weight is 312 g/mol. The molecular weight excluding hydrogens is 292 g/mol. The standard InChI is InChI=1S/C16H20N6O/c1-10-3-2-4-11(7-10)20-15-13(14(18)23)8-19-16(21-15)22(9-17)12-5-6-12/h2-4,7-8,12H,5-6,9,17H2,1H3,(H2,18,23)(H,19,20,21). The van der Waals surface area contributed by atoms with Gasteiger partial charge >= 0.3 is 0 Å². The number of anilines is 3. The lowest BCUT2D eigenvalue weighted by Crippen LogP contribution is -2.33. The van der Waals surface area contributed by atoms with E-state index in [0.717, 1.165) is 24.1 Å². The largest absolute Gasteiger partial charge is 0.365 e. The van der Waals surface area contributed by atoms with E-state index in [1.54, 1.807) is 0 Å². The van der Waals surface area contributed by atoms with Gasteiger partial charge in [0.15, 0.2) is 0 Å². The number of nitrogens with two attached hydrogens (primary N) is 2. The maximum atomic E-state index is 11.6. The average Bonchev–Trinajstić information content (AvgIpc) is 3.33. The van der Waals surface area contributed by atoms with Crippen LogP contribution in [-0.2, 0) is 0 Å². The summed E-state index contributed by atoms with van der Waals surface area (Å²) in [5.74, 6) is 0.333. The zero-order chi connectivity index (χ0) is 16.4. The number of benzene rings is 1. The zero-order valence-electron chi connectivity index (χ0n) is 13.0. The van der Waals surface area contributed by atoms with Gasteiger partial charge in [0, 0.05) is 17.9 Å². The molecule has 0 radical (unpaired) electrons. The van der Waals surface area contributed by atoms with Crippen LogP contribution in [0.15, 0.2) is 30.5 Å². The number of aromatic nitrogens is 2. The number of nitrogens with zero attached hydrogens (tertiary/aromatic N) is 3. The molecule has 1 aromatic carbocycles. The second-order valence-corrected chi connectivity index (χ2v) is 5.67. The Morgan fingerprint density at radius 1 is 1.43 bits per heavy atom. The minimum Gasteiger partial charge on any atom is -0.365 e. The van der Waals surface area contributed by atoms with Gasteiger partial charge in [-0.25, -0.2) is 4.98 Å². The molecule has 0 aliphatic heterocycles. The maximum absolute atomic E-state index is 11.6. The highest BCUT2D eigenvalue weighted by Gasteiger charge is 2.30. The second kappa shape index (κ2) is 6.21. The molecule has 0 saturated heterocycles. The molecule has 1 aliphatic carbocycles. The quantitative estimate of drug-likeness (QED) is 0.697. The predicted molar refractivity (Wildman–Crippen MR) is 89.6 cm³/mol. The van der Waals surface area contributed by atoms with Gasteiger partial charge in [-0.2, -0.15) is 4.98 Å². The number of rotatable bonds is 6. The number of hydrogen-bond donors (Lipinski definition) is 3. The topological polar surface area (TPSA) is 110 Å². The van der Waals surface area contributed by atoms with Crippen molar-refractivity contribution in [3.63, 3.8) is 0 Å². The number of nitrogens with one attached hydrogen (secondary N) is 1. The minimum absolute atomic E-state index is 0.253. The summed E-state index contributed by atoms with van der Waals surface area (Å²) in [7, 11) is 0. The van der Waals surface area contributed by atoms with Crippen molar-refractivity contribution in [3.05, 3.63) is 41.6 Å². The smallest absolute Gasteiger partial charge is 0.254 e. The molecular formula is C16H20N6O. The number of hydrogen-bond acceptors (Lipinski definition) is 6. The van der Waals surface area contributed by atoms with Gasteiger partial charge in [-0.05, 0) is 37.5 Å². The molecule has 7 heteroatoms. The van der Waals surface area contributed by atoms with E-state index in [1.165, 1.54) is 6.20 Å². The van der Waals surface area contributed by atoms with Gasteiger partial charge in [-0.3, -0.25) is 4.79 Å². The lowest BCUT2D eigenvalue weighted by Gasteiger charge is -2.21. The van der Waals surface area contributed by atoms with Crippen molar-refractivity contribution in [1.29, 1.82) is 0 Å². The summed E-state index contributed by atoms with van der Waals surface area (Å²) in [6.45, 7) is 2.33. The minimum atomic E-state index is -0.572. The van der Waals surface area contributed by atoms with E-state index in [-0.39, 0.29) is 5.56 Å². The van der Waals surface area contributed by atoms with E-state index in [0.29, 0.717) is 24.5 Å². The number of carbonyl (C=O) groups excluding carboxylic acids is 1. The molecule has 0 bridgehead atoms. The molecule has 0 spiro atoms. The Morgan fingerprint density at radius 3 is 2.83 bits per heavy atom. The molecule has 3 rings (SSSR count). The van der Waals surface area contributed by atoms with Crippen molar-refractivity contribution in [2.75, 3.05) is 16.9 Å². The van der Waals surface area contributed by atoms with Crippen LogP contribution in [0.3, 0.4) is 0 Å². The molecule has 0 unspecified atom stereocenters. The van der Waals surface area contributed by atoms with Crippen LogP contribution >= 0.6 is 0 Å². The molecule has 5 N–H and O–H groups in total. The molecule has 23 heavy (non-hydrogen) atoms. The molecule has 7 nitrogen and oxygen atoms in total. The Kier molecular flexibility index (Phi) is 4.12. The van der Waals surface area contributed by atoms with Gasteiger partial charge in [0.25, 0.3) is 5.91 Å². The van der Waals surface area contributed by atoms with Crippen LogP contribution in [0.4, 0.5) is 17.5 Å². The van der Waals surface area contributed by atoms with Gasteiger partial charge in [-0.1, -0.05) is 12.1 Å². The second-order valence-electron chi connectivity index (χ2n) is 5.67. The van der Waals surface area contributed by atoms with E-state index in [2.05, 4.69) is 15.3 Å². The fraction of sp³-hybridized carbons (Fsp3) is 0.312. The van der Waals surface area contributed by atoms with Gasteiger partial charge in [-0.15, -0.1) is 0 Å². The van der Waals surface area contributed by atoms with E-state index in [1.807, 2.05) is 36.1 Å². The van der Waals surface area contributed by atoms with Crippen LogP contribution in [-0.4, -0.2) is 28.6 Å². The van der Waals surface area contributed by atoms with Crippen molar-refractivity contribution >= 4 is 23.4 Å². The Labute approximate surface area is 134 Å². The maximum Gasteiger partial charge on any atom is 0.254 e. The van der Waals surface area contributed by atoms with E-state index in [4.69, 9.17) is 11.5 Å². The summed E-state index contributed by atoms with van der Waals surface area (Å²) in [6.07, 6.45) is 3.62. The number of carbonyl (C=O) groups is 1. The van der Waals surface area contributed by atoms with Crippen LogP contribution in [0.5, 0.6) is 0 Å². The first kappa shape index (κ1) is 15.2. The van der Waals surface area contributed by atoms with Gasteiger partial charge < -0.3 is 21.7 Å². The molecule has 1 amide bonds. The first-order chi connectivity index (χ1) is 11.1. The van der Waals surface area contributed by atoms with Gasteiger partial charge in [0.1, 0.15) is 11.4 Å². The SMILES string of the molecule is Cc1cccc(Nc2nc(N(CN)C3CC3)ncc2C(N)=O)c1. The number of primary amides is 1. The lowest BCUT2D eigenvalue weighted by molar-refractivity contribution is 0.100. The highest BCUT2D eigenvalue weighted by Crippen LogP contribution is 2.30. The lowest BCUT2D eigenvalue weighted by atomic mass is 10.2. The zero-order valence-corrected chi connectivity index (χ0v) is 13.0. The van der Waals surface area contributed by atoms with E-state index in [9.17, 15) is 4.79 Å². The fourth-order valence-electron chi connectivity index (χ4n) is 2.43. The summed E-state index contributed by atoms with van der Waals surface area (Å²) in [6, 6.07) is 8.18. The molecule has 1 aliphatic rings. The van der Waals surface area contributed by atoms with Crippen LogP contribution in [0, 0.1) is 6.92 Å². The van der Waals surface area contributed by atoms with Crippen LogP contribution in [0.2, 0.25) is 0 Å². The Hall–Kier alpha value is -2.67. The molecule has 1 saturated carbocycles. The van der Waals surface area contributed by atoms with Gasteiger partial charge in [0.2, 0.25) is 5.95 Å². The van der Waals surface area contributed by atoms with Crippen LogP contribution < -0.4 is 21.7 Å². The Balaban J connectivity index is 1.96. The third kappa shape index (κ3) is 3.40. The van der Waals surface area contributed by atoms with Crippen molar-refractivity contribution in [3.8, 4) is 0 Å². The summed E-state index contributed by atoms with van der Waals surface area (Å²) in [5.41, 5.74) is 13.4. The molecule has 0 atom stereocenters. The summed E-state index contributed by atoms with van der Waals surface area (Å²) in [5, 5.41) is 3.15. The fourth-order valence-corrected chi connectivity index (χ4v) is 2.43. The Bertz CT molecular complexity index is 728. The monoisotopic (exact) mass is 312 g/mol. The molecule has 120 valence electrons. The van der Waals surface area contributed by atoms with Crippen molar-refractivity contribution < 1.29 is 4.79 Å². The van der Waals surface area contributed by atoms with Crippen LogP contribution in [0.1, 0.15) is 28.8 Å². The molecule has 2 aromatic rings. The molecule has 1 aromatic heterocycles. The third-order valence-corrected chi connectivity index (χ3v) is 3.76. The van der Waals surface area contributed by atoms with E-state index < -0.39 is 5.91 Å².